The van der Waals surface area contributed by atoms with Crippen molar-refractivity contribution in [2.24, 2.45) is 0 Å². The van der Waals surface area contributed by atoms with Crippen molar-refractivity contribution in [3.05, 3.63) is 11.9 Å². The Labute approximate surface area is 89.4 Å². The summed E-state index contributed by atoms with van der Waals surface area (Å²) >= 11 is 0. The lowest BCUT2D eigenvalue weighted by molar-refractivity contribution is -0.142. The molecule has 84 valence electrons. The van der Waals surface area contributed by atoms with Crippen LogP contribution in [0.25, 0.3) is 0 Å². The molecule has 0 bridgehead atoms. The Kier molecular flexibility index (Phi) is 3.44. The van der Waals surface area contributed by atoms with Crippen LogP contribution in [0.3, 0.4) is 0 Å². The van der Waals surface area contributed by atoms with Crippen LogP contribution in [-0.4, -0.2) is 27.6 Å². The number of aromatic nitrogens is 3. The maximum atomic E-state index is 11.2. The molecule has 5 nitrogen and oxygen atoms in total. The number of rotatable bonds is 3. The van der Waals surface area contributed by atoms with Gasteiger partial charge in [-0.25, -0.2) is 4.68 Å². The molecule has 0 radical (unpaired) electrons. The largest absolute Gasteiger partial charge is 0.466 e. The third-order valence-electron chi connectivity index (χ3n) is 1.86. The number of hydrogen-bond acceptors (Lipinski definition) is 4. The van der Waals surface area contributed by atoms with Crippen LogP contribution in [0.1, 0.15) is 33.4 Å². The lowest BCUT2D eigenvalue weighted by atomic mass is 10.1. The fourth-order valence-electron chi connectivity index (χ4n) is 1.07. The summed E-state index contributed by atoms with van der Waals surface area (Å²) in [5.74, 6) is -0.265. The summed E-state index contributed by atoms with van der Waals surface area (Å²) in [7, 11) is 0. The number of esters is 1. The predicted octanol–water partition coefficient (Wildman–Crippen LogP) is 1.14. The quantitative estimate of drug-likeness (QED) is 0.703. The number of ether oxygens (including phenoxy) is 1. The van der Waals surface area contributed by atoms with E-state index in [9.17, 15) is 4.79 Å². The number of nitrogens with zero attached hydrogens (tertiary/aromatic N) is 3. The summed E-state index contributed by atoms with van der Waals surface area (Å²) in [4.78, 5) is 11.2. The molecule has 1 rings (SSSR count). The van der Waals surface area contributed by atoms with Gasteiger partial charge < -0.3 is 4.74 Å². The molecule has 1 aromatic rings. The first-order chi connectivity index (χ1) is 6.93. The third-order valence-corrected chi connectivity index (χ3v) is 1.86. The Morgan fingerprint density at radius 1 is 1.53 bits per heavy atom. The van der Waals surface area contributed by atoms with Crippen LogP contribution in [0.5, 0.6) is 0 Å². The van der Waals surface area contributed by atoms with E-state index in [0.717, 1.165) is 0 Å². The van der Waals surface area contributed by atoms with Gasteiger partial charge in [-0.3, -0.25) is 4.79 Å². The highest BCUT2D eigenvalue weighted by Crippen LogP contribution is 2.11. The average molecular weight is 211 g/mol. The van der Waals surface area contributed by atoms with Crippen molar-refractivity contribution >= 4 is 5.97 Å². The highest BCUT2D eigenvalue weighted by molar-refractivity contribution is 5.71. The first-order valence-electron chi connectivity index (χ1n) is 5.01. The minimum Gasteiger partial charge on any atom is -0.466 e. The summed E-state index contributed by atoms with van der Waals surface area (Å²) in [6, 6.07) is 0. The van der Waals surface area contributed by atoms with Crippen molar-refractivity contribution in [1.29, 1.82) is 0 Å². The fourth-order valence-corrected chi connectivity index (χ4v) is 1.07. The van der Waals surface area contributed by atoms with E-state index in [0.29, 0.717) is 12.3 Å². The molecular formula is C10H17N3O2. The van der Waals surface area contributed by atoms with Gasteiger partial charge in [-0.2, -0.15) is 0 Å². The zero-order valence-electron chi connectivity index (χ0n) is 9.65. The second kappa shape index (κ2) is 4.42. The molecule has 0 saturated carbocycles. The molecule has 1 heterocycles. The molecule has 0 aromatic carbocycles. The van der Waals surface area contributed by atoms with Crippen molar-refractivity contribution in [2.45, 2.75) is 39.7 Å². The molecule has 0 saturated heterocycles. The maximum Gasteiger partial charge on any atom is 0.311 e. The smallest absolute Gasteiger partial charge is 0.311 e. The number of carbonyl (C=O) groups excluding carboxylic acids is 1. The van der Waals surface area contributed by atoms with Crippen molar-refractivity contribution in [2.75, 3.05) is 6.61 Å². The van der Waals surface area contributed by atoms with E-state index < -0.39 is 0 Å². The summed E-state index contributed by atoms with van der Waals surface area (Å²) in [5, 5.41) is 7.88. The fraction of sp³-hybridized carbons (Fsp3) is 0.700. The molecule has 1 aromatic heterocycles. The molecule has 0 unspecified atom stereocenters. The lowest BCUT2D eigenvalue weighted by Crippen LogP contribution is -2.22. The van der Waals surface area contributed by atoms with E-state index in [2.05, 4.69) is 10.3 Å². The summed E-state index contributed by atoms with van der Waals surface area (Å²) < 4.78 is 6.56. The third kappa shape index (κ3) is 3.34. The predicted molar refractivity (Wildman–Crippen MR) is 55.4 cm³/mol. The molecule has 5 heteroatoms. The molecule has 0 atom stereocenters. The van der Waals surface area contributed by atoms with Gasteiger partial charge in [-0.15, -0.1) is 5.10 Å². The van der Waals surface area contributed by atoms with Gasteiger partial charge in [0.25, 0.3) is 0 Å². The van der Waals surface area contributed by atoms with Crippen LogP contribution in [0.2, 0.25) is 0 Å². The Balaban J connectivity index is 2.65. The second-order valence-electron chi connectivity index (χ2n) is 4.31. The molecule has 0 fully saturated rings. The molecular weight excluding hydrogens is 194 g/mol. The number of carbonyl (C=O) groups is 1. The van der Waals surface area contributed by atoms with Gasteiger partial charge in [-0.05, 0) is 27.7 Å². The van der Waals surface area contributed by atoms with Crippen LogP contribution >= 0.6 is 0 Å². The second-order valence-corrected chi connectivity index (χ2v) is 4.31. The van der Waals surface area contributed by atoms with Gasteiger partial charge in [0.2, 0.25) is 0 Å². The van der Waals surface area contributed by atoms with Crippen molar-refractivity contribution in [1.82, 2.24) is 15.0 Å². The van der Waals surface area contributed by atoms with Gasteiger partial charge in [0.05, 0.1) is 24.3 Å². The molecule has 0 aliphatic heterocycles. The van der Waals surface area contributed by atoms with Crippen LogP contribution in [0.4, 0.5) is 0 Å². The number of hydrogen-bond donors (Lipinski definition) is 0. The van der Waals surface area contributed by atoms with Crippen LogP contribution in [0, 0.1) is 0 Å². The summed E-state index contributed by atoms with van der Waals surface area (Å²) in [6.45, 7) is 8.25. The Morgan fingerprint density at radius 2 is 2.20 bits per heavy atom. The Morgan fingerprint density at radius 3 is 2.67 bits per heavy atom. The minimum absolute atomic E-state index is 0.111. The topological polar surface area (TPSA) is 57.0 Å². The van der Waals surface area contributed by atoms with E-state index in [1.807, 2.05) is 20.8 Å². The Bertz CT molecular complexity index is 339. The highest BCUT2D eigenvalue weighted by Gasteiger charge is 2.16. The average Bonchev–Trinajstić information content (AvgIpc) is 2.52. The molecule has 15 heavy (non-hydrogen) atoms. The highest BCUT2D eigenvalue weighted by atomic mass is 16.5. The van der Waals surface area contributed by atoms with E-state index in [-0.39, 0.29) is 17.9 Å². The van der Waals surface area contributed by atoms with Gasteiger partial charge in [0.1, 0.15) is 0 Å². The lowest BCUT2D eigenvalue weighted by Gasteiger charge is -2.17. The van der Waals surface area contributed by atoms with Crippen molar-refractivity contribution in [3.63, 3.8) is 0 Å². The van der Waals surface area contributed by atoms with Crippen LogP contribution < -0.4 is 0 Å². The van der Waals surface area contributed by atoms with Crippen LogP contribution in [-0.2, 0) is 21.5 Å². The first kappa shape index (κ1) is 11.7. The molecule has 0 aliphatic rings. The van der Waals surface area contributed by atoms with E-state index in [1.54, 1.807) is 17.8 Å². The van der Waals surface area contributed by atoms with Gasteiger partial charge in [0, 0.05) is 6.20 Å². The Hall–Kier alpha value is -1.39. The first-order valence-corrected chi connectivity index (χ1v) is 5.01. The summed E-state index contributed by atoms with van der Waals surface area (Å²) in [5.41, 5.74) is 0.531. The normalized spacial score (nSPS) is 11.5. The van der Waals surface area contributed by atoms with E-state index in [1.165, 1.54) is 0 Å². The summed E-state index contributed by atoms with van der Waals surface area (Å²) in [6.07, 6.45) is 1.96. The monoisotopic (exact) mass is 211 g/mol. The SMILES string of the molecule is CCOC(=O)Cc1cn(C(C)(C)C)nn1. The van der Waals surface area contributed by atoms with E-state index >= 15 is 0 Å². The van der Waals surface area contributed by atoms with Gasteiger partial charge in [-0.1, -0.05) is 5.21 Å². The molecule has 0 amide bonds. The minimum atomic E-state index is -0.265. The molecule has 0 spiro atoms. The van der Waals surface area contributed by atoms with E-state index in [4.69, 9.17) is 4.74 Å². The van der Waals surface area contributed by atoms with Crippen molar-refractivity contribution in [3.8, 4) is 0 Å². The maximum absolute atomic E-state index is 11.2. The molecule has 0 aliphatic carbocycles. The standard InChI is InChI=1S/C10H17N3O2/c1-5-15-9(14)6-8-7-13(12-11-8)10(2,3)4/h7H,5-6H2,1-4H3. The zero-order valence-corrected chi connectivity index (χ0v) is 9.65. The molecule has 0 N–H and O–H groups in total. The van der Waals surface area contributed by atoms with Crippen molar-refractivity contribution < 1.29 is 9.53 Å². The van der Waals surface area contributed by atoms with Gasteiger partial charge in [0.15, 0.2) is 0 Å². The zero-order chi connectivity index (χ0) is 11.5. The van der Waals surface area contributed by atoms with Crippen LogP contribution in [0.15, 0.2) is 6.20 Å². The van der Waals surface area contributed by atoms with Gasteiger partial charge >= 0.3 is 5.97 Å².